The minimum Gasteiger partial charge on any atom is -0.480 e. The van der Waals surface area contributed by atoms with Gasteiger partial charge >= 0.3 is 12.0 Å². The third kappa shape index (κ3) is 2.34. The average Bonchev–Trinajstić information content (AvgIpc) is 3.05. The van der Waals surface area contributed by atoms with Crippen LogP contribution in [0, 0.1) is 5.82 Å². The molecule has 1 aliphatic carbocycles. The Bertz CT molecular complexity index is 597. The highest BCUT2D eigenvalue weighted by Gasteiger charge is 2.44. The molecule has 2 amide bonds. The SMILES string of the molecule is O=C(NC1(C(=O)O)CCCC1)N1CCc2ccc(F)cc21. The quantitative estimate of drug-likeness (QED) is 0.878. The molecule has 21 heavy (non-hydrogen) atoms. The number of nitrogens with zero attached hydrogens (tertiary/aromatic N) is 1. The highest BCUT2D eigenvalue weighted by atomic mass is 19.1. The highest BCUT2D eigenvalue weighted by Crippen LogP contribution is 2.32. The molecule has 0 radical (unpaired) electrons. The van der Waals surface area contributed by atoms with Gasteiger partial charge in [-0.3, -0.25) is 4.90 Å². The standard InChI is InChI=1S/C15H17FN2O3/c16-11-4-3-10-5-8-18(12(10)9-11)14(21)17-15(13(19)20)6-1-2-7-15/h3-4,9H,1-2,5-8H2,(H,17,21)(H,19,20). The van der Waals surface area contributed by atoms with Gasteiger partial charge in [-0.15, -0.1) is 0 Å². The molecule has 0 spiro atoms. The Labute approximate surface area is 121 Å². The summed E-state index contributed by atoms with van der Waals surface area (Å²) in [6, 6.07) is 3.91. The Morgan fingerprint density at radius 3 is 2.67 bits per heavy atom. The molecule has 1 saturated carbocycles. The molecule has 0 saturated heterocycles. The Morgan fingerprint density at radius 1 is 1.29 bits per heavy atom. The second-order valence-electron chi connectivity index (χ2n) is 5.70. The molecule has 0 unspecified atom stereocenters. The van der Waals surface area contributed by atoms with E-state index in [1.807, 2.05) is 0 Å². The number of hydrogen-bond donors (Lipinski definition) is 2. The maximum absolute atomic E-state index is 13.4. The van der Waals surface area contributed by atoms with Gasteiger partial charge in [0.05, 0.1) is 5.69 Å². The summed E-state index contributed by atoms with van der Waals surface area (Å²) in [7, 11) is 0. The van der Waals surface area contributed by atoms with E-state index in [1.54, 1.807) is 6.07 Å². The van der Waals surface area contributed by atoms with E-state index in [4.69, 9.17) is 0 Å². The van der Waals surface area contributed by atoms with Crippen molar-refractivity contribution >= 4 is 17.7 Å². The van der Waals surface area contributed by atoms with Gasteiger partial charge < -0.3 is 10.4 Å². The van der Waals surface area contributed by atoms with Crippen molar-refractivity contribution in [2.24, 2.45) is 0 Å². The zero-order valence-electron chi connectivity index (χ0n) is 11.6. The summed E-state index contributed by atoms with van der Waals surface area (Å²) >= 11 is 0. The molecule has 0 aromatic heterocycles. The van der Waals surface area contributed by atoms with E-state index in [-0.39, 0.29) is 0 Å². The van der Waals surface area contributed by atoms with Crippen LogP contribution < -0.4 is 10.2 Å². The summed E-state index contributed by atoms with van der Waals surface area (Å²) in [6.07, 6.45) is 3.12. The molecule has 6 heteroatoms. The van der Waals surface area contributed by atoms with Crippen LogP contribution in [0.3, 0.4) is 0 Å². The van der Waals surface area contributed by atoms with Gasteiger partial charge in [-0.2, -0.15) is 0 Å². The van der Waals surface area contributed by atoms with Gasteiger partial charge in [0.25, 0.3) is 0 Å². The number of anilines is 1. The summed E-state index contributed by atoms with van der Waals surface area (Å²) in [5.41, 5.74) is 0.265. The number of carboxylic acids is 1. The number of carbonyl (C=O) groups excluding carboxylic acids is 1. The van der Waals surface area contributed by atoms with Gasteiger partial charge in [0.2, 0.25) is 0 Å². The van der Waals surface area contributed by atoms with Gasteiger partial charge in [-0.1, -0.05) is 18.9 Å². The first kappa shape index (κ1) is 13.9. The zero-order chi connectivity index (χ0) is 15.0. The molecule has 0 bridgehead atoms. The molecular formula is C15H17FN2O3. The van der Waals surface area contributed by atoms with Gasteiger partial charge in [-0.05, 0) is 37.0 Å². The molecule has 3 rings (SSSR count). The number of nitrogens with one attached hydrogen (secondary N) is 1. The summed E-state index contributed by atoms with van der Waals surface area (Å²) < 4.78 is 13.4. The van der Waals surface area contributed by atoms with Crippen molar-refractivity contribution in [3.63, 3.8) is 0 Å². The topological polar surface area (TPSA) is 69.6 Å². The van der Waals surface area contributed by atoms with E-state index in [9.17, 15) is 19.1 Å². The molecule has 2 N–H and O–H groups in total. The molecule has 112 valence electrons. The van der Waals surface area contributed by atoms with E-state index in [2.05, 4.69) is 5.32 Å². The molecule has 1 aliphatic heterocycles. The van der Waals surface area contributed by atoms with Crippen molar-refractivity contribution in [1.82, 2.24) is 5.32 Å². The van der Waals surface area contributed by atoms with Crippen molar-refractivity contribution in [3.8, 4) is 0 Å². The number of aliphatic carboxylic acids is 1. The molecule has 0 atom stereocenters. The molecule has 1 fully saturated rings. The number of fused-ring (bicyclic) bond motifs is 1. The predicted molar refractivity (Wildman–Crippen MR) is 74.8 cm³/mol. The molecule has 2 aliphatic rings. The fourth-order valence-electron chi connectivity index (χ4n) is 3.21. The minimum absolute atomic E-state index is 0.401. The lowest BCUT2D eigenvalue weighted by Crippen LogP contribution is -2.56. The fraction of sp³-hybridized carbons (Fsp3) is 0.467. The molecular weight excluding hydrogens is 275 g/mol. The Balaban J connectivity index is 1.81. The fourth-order valence-corrected chi connectivity index (χ4v) is 3.21. The van der Waals surface area contributed by atoms with Crippen LogP contribution in [0.2, 0.25) is 0 Å². The molecule has 5 nitrogen and oxygen atoms in total. The summed E-state index contributed by atoms with van der Waals surface area (Å²) in [5.74, 6) is -1.39. The van der Waals surface area contributed by atoms with Crippen LogP contribution in [-0.4, -0.2) is 29.2 Å². The van der Waals surface area contributed by atoms with Gasteiger partial charge in [0.1, 0.15) is 11.4 Å². The Kier molecular flexibility index (Phi) is 3.31. The predicted octanol–water partition coefficient (Wildman–Crippen LogP) is 2.30. The molecule has 1 aromatic carbocycles. The van der Waals surface area contributed by atoms with Crippen molar-refractivity contribution in [1.29, 1.82) is 0 Å². The van der Waals surface area contributed by atoms with Crippen LogP contribution in [-0.2, 0) is 11.2 Å². The third-order valence-electron chi connectivity index (χ3n) is 4.40. The highest BCUT2D eigenvalue weighted by molar-refractivity contribution is 5.97. The van der Waals surface area contributed by atoms with E-state index in [0.717, 1.165) is 18.4 Å². The van der Waals surface area contributed by atoms with Crippen LogP contribution in [0.15, 0.2) is 18.2 Å². The van der Waals surface area contributed by atoms with E-state index < -0.39 is 23.4 Å². The van der Waals surface area contributed by atoms with Crippen LogP contribution in [0.4, 0.5) is 14.9 Å². The van der Waals surface area contributed by atoms with Gasteiger partial charge in [0.15, 0.2) is 0 Å². The lowest BCUT2D eigenvalue weighted by molar-refractivity contribution is -0.144. The lowest BCUT2D eigenvalue weighted by Gasteiger charge is -2.28. The summed E-state index contributed by atoms with van der Waals surface area (Å²) in [5, 5.41) is 12.1. The summed E-state index contributed by atoms with van der Waals surface area (Å²) in [4.78, 5) is 25.3. The van der Waals surface area contributed by atoms with Crippen LogP contribution >= 0.6 is 0 Å². The Hall–Kier alpha value is -2.11. The minimum atomic E-state index is -1.17. The number of urea groups is 1. The van der Waals surface area contributed by atoms with E-state index in [1.165, 1.54) is 17.0 Å². The molecule has 1 aromatic rings. The maximum atomic E-state index is 13.4. The van der Waals surface area contributed by atoms with Crippen molar-refractivity contribution in [2.45, 2.75) is 37.6 Å². The average molecular weight is 292 g/mol. The van der Waals surface area contributed by atoms with E-state index >= 15 is 0 Å². The first-order valence-corrected chi connectivity index (χ1v) is 7.13. The maximum Gasteiger partial charge on any atom is 0.329 e. The number of amides is 2. The van der Waals surface area contributed by atoms with Crippen LogP contribution in [0.1, 0.15) is 31.2 Å². The van der Waals surface area contributed by atoms with E-state index in [0.29, 0.717) is 31.5 Å². The van der Waals surface area contributed by atoms with Crippen LogP contribution in [0.5, 0.6) is 0 Å². The van der Waals surface area contributed by atoms with Crippen molar-refractivity contribution in [3.05, 3.63) is 29.6 Å². The lowest BCUT2D eigenvalue weighted by atomic mass is 9.98. The monoisotopic (exact) mass is 292 g/mol. The first-order chi connectivity index (χ1) is 10.0. The summed E-state index contributed by atoms with van der Waals surface area (Å²) in [6.45, 7) is 0.445. The van der Waals surface area contributed by atoms with Gasteiger partial charge in [0, 0.05) is 6.54 Å². The van der Waals surface area contributed by atoms with Crippen molar-refractivity contribution in [2.75, 3.05) is 11.4 Å². The largest absolute Gasteiger partial charge is 0.480 e. The third-order valence-corrected chi connectivity index (χ3v) is 4.40. The van der Waals surface area contributed by atoms with Crippen LogP contribution in [0.25, 0.3) is 0 Å². The second kappa shape index (κ2) is 5.02. The normalized spacial score (nSPS) is 19.4. The first-order valence-electron chi connectivity index (χ1n) is 7.13. The number of carboxylic acid groups (broad SMARTS) is 1. The van der Waals surface area contributed by atoms with Gasteiger partial charge in [-0.25, -0.2) is 14.0 Å². The smallest absolute Gasteiger partial charge is 0.329 e. The number of rotatable bonds is 2. The number of benzene rings is 1. The second-order valence-corrected chi connectivity index (χ2v) is 5.70. The number of carbonyl (C=O) groups is 2. The number of hydrogen-bond acceptors (Lipinski definition) is 2. The number of halogens is 1. The zero-order valence-corrected chi connectivity index (χ0v) is 11.6. The van der Waals surface area contributed by atoms with Crippen molar-refractivity contribution < 1.29 is 19.1 Å². The Morgan fingerprint density at radius 2 is 2.00 bits per heavy atom. The molecule has 1 heterocycles.